The minimum absolute atomic E-state index is 0.241. The molecule has 0 saturated carbocycles. The van der Waals surface area contributed by atoms with Crippen molar-refractivity contribution in [3.63, 3.8) is 0 Å². The molecule has 0 aliphatic carbocycles. The average Bonchev–Trinajstić information content (AvgIpc) is 3.27. The molecule has 0 radical (unpaired) electrons. The summed E-state index contributed by atoms with van der Waals surface area (Å²) in [6.07, 6.45) is 5.60. The van der Waals surface area contributed by atoms with E-state index in [-0.39, 0.29) is 5.91 Å². The number of nitrogens with two attached hydrogens (primary N) is 1. The SMILES string of the molecule is Nc1cscc1NC(=O)c1ccc(CNCCCN2CCCC2)cn1. The van der Waals surface area contributed by atoms with E-state index in [4.69, 9.17) is 5.73 Å². The molecular formula is C18H25N5OS. The minimum Gasteiger partial charge on any atom is -0.396 e. The van der Waals surface area contributed by atoms with E-state index in [9.17, 15) is 4.79 Å². The van der Waals surface area contributed by atoms with Crippen molar-refractivity contribution >= 4 is 28.6 Å². The number of hydrogen-bond acceptors (Lipinski definition) is 6. The van der Waals surface area contributed by atoms with Crippen LogP contribution in [0.2, 0.25) is 0 Å². The van der Waals surface area contributed by atoms with Gasteiger partial charge in [0.25, 0.3) is 5.91 Å². The lowest BCUT2D eigenvalue weighted by Crippen LogP contribution is -2.24. The third-order valence-electron chi connectivity index (χ3n) is 4.35. The van der Waals surface area contributed by atoms with E-state index in [0.717, 1.165) is 25.1 Å². The summed E-state index contributed by atoms with van der Waals surface area (Å²) in [6.45, 7) is 5.45. The molecule has 1 fully saturated rings. The fourth-order valence-corrected chi connectivity index (χ4v) is 3.60. The molecular weight excluding hydrogens is 334 g/mol. The van der Waals surface area contributed by atoms with Crippen LogP contribution in [-0.4, -0.2) is 42.0 Å². The summed E-state index contributed by atoms with van der Waals surface area (Å²) in [5.74, 6) is -0.241. The number of carbonyl (C=O) groups is 1. The predicted octanol–water partition coefficient (Wildman–Crippen LogP) is 2.55. The Morgan fingerprint density at radius 3 is 2.80 bits per heavy atom. The van der Waals surface area contributed by atoms with Crippen LogP contribution < -0.4 is 16.4 Å². The number of amides is 1. The highest BCUT2D eigenvalue weighted by Gasteiger charge is 2.11. The van der Waals surface area contributed by atoms with Crippen molar-refractivity contribution in [3.8, 4) is 0 Å². The van der Waals surface area contributed by atoms with E-state index in [1.165, 1.54) is 43.8 Å². The number of nitrogens with one attached hydrogen (secondary N) is 2. The number of nitrogen functional groups attached to an aromatic ring is 1. The Labute approximate surface area is 152 Å². The molecule has 3 heterocycles. The van der Waals surface area contributed by atoms with Crippen LogP contribution in [0.1, 0.15) is 35.3 Å². The smallest absolute Gasteiger partial charge is 0.274 e. The van der Waals surface area contributed by atoms with Crippen LogP contribution in [0, 0.1) is 0 Å². The molecule has 1 amide bonds. The largest absolute Gasteiger partial charge is 0.396 e. The van der Waals surface area contributed by atoms with Crippen molar-refractivity contribution in [1.29, 1.82) is 0 Å². The van der Waals surface area contributed by atoms with Gasteiger partial charge in [-0.3, -0.25) is 9.78 Å². The summed E-state index contributed by atoms with van der Waals surface area (Å²) in [7, 11) is 0. The molecule has 0 bridgehead atoms. The fraction of sp³-hybridized carbons (Fsp3) is 0.444. The molecule has 134 valence electrons. The topological polar surface area (TPSA) is 83.3 Å². The van der Waals surface area contributed by atoms with Gasteiger partial charge in [0.15, 0.2) is 0 Å². The lowest BCUT2D eigenvalue weighted by atomic mass is 10.2. The second kappa shape index (κ2) is 8.94. The highest BCUT2D eigenvalue weighted by Crippen LogP contribution is 2.23. The Balaban J connectivity index is 1.39. The van der Waals surface area contributed by atoms with Crippen molar-refractivity contribution < 1.29 is 4.79 Å². The molecule has 2 aromatic rings. The Bertz CT molecular complexity index is 679. The number of rotatable bonds is 8. The first kappa shape index (κ1) is 17.8. The molecule has 1 saturated heterocycles. The summed E-state index contributed by atoms with van der Waals surface area (Å²) in [5, 5.41) is 9.82. The standard InChI is InChI=1S/C18H25N5OS/c19-15-12-25-13-17(15)22-18(24)16-5-4-14(11-21-16)10-20-6-3-9-23-7-1-2-8-23/h4-5,11-13,20H,1-3,6-10,19H2,(H,22,24). The maximum atomic E-state index is 12.2. The first-order valence-electron chi connectivity index (χ1n) is 8.73. The summed E-state index contributed by atoms with van der Waals surface area (Å²) >= 11 is 1.46. The van der Waals surface area contributed by atoms with Gasteiger partial charge < -0.3 is 21.3 Å². The highest BCUT2D eigenvalue weighted by molar-refractivity contribution is 7.09. The van der Waals surface area contributed by atoms with Crippen LogP contribution in [0.3, 0.4) is 0 Å². The van der Waals surface area contributed by atoms with Crippen LogP contribution in [0.15, 0.2) is 29.1 Å². The number of hydrogen-bond donors (Lipinski definition) is 3. The summed E-state index contributed by atoms with van der Waals surface area (Å²) in [5.41, 5.74) is 8.46. The number of carbonyl (C=O) groups excluding carboxylic acids is 1. The number of nitrogens with zero attached hydrogens (tertiary/aromatic N) is 2. The summed E-state index contributed by atoms with van der Waals surface area (Å²) in [4.78, 5) is 18.9. The molecule has 3 rings (SSSR count). The molecule has 4 N–H and O–H groups in total. The number of likely N-dealkylation sites (tertiary alicyclic amines) is 1. The van der Waals surface area contributed by atoms with Crippen LogP contribution in [0.25, 0.3) is 0 Å². The zero-order valence-electron chi connectivity index (χ0n) is 14.3. The Kier molecular flexibility index (Phi) is 6.38. The van der Waals surface area contributed by atoms with Crippen LogP contribution in [0.5, 0.6) is 0 Å². The molecule has 0 unspecified atom stereocenters. The Morgan fingerprint density at radius 1 is 1.28 bits per heavy atom. The second-order valence-electron chi connectivity index (χ2n) is 6.33. The lowest BCUT2D eigenvalue weighted by Gasteiger charge is -2.14. The molecule has 7 heteroatoms. The van der Waals surface area contributed by atoms with E-state index in [1.807, 2.05) is 11.4 Å². The zero-order valence-corrected chi connectivity index (χ0v) is 15.1. The quantitative estimate of drug-likeness (QED) is 0.631. The van der Waals surface area contributed by atoms with Gasteiger partial charge in [-0.2, -0.15) is 0 Å². The maximum Gasteiger partial charge on any atom is 0.274 e. The van der Waals surface area contributed by atoms with Crippen molar-refractivity contribution in [1.82, 2.24) is 15.2 Å². The van der Waals surface area contributed by atoms with Crippen LogP contribution in [0.4, 0.5) is 11.4 Å². The number of anilines is 2. The number of pyridine rings is 1. The number of aromatic nitrogens is 1. The van der Waals surface area contributed by atoms with E-state index < -0.39 is 0 Å². The Morgan fingerprint density at radius 2 is 2.12 bits per heavy atom. The van der Waals surface area contributed by atoms with E-state index in [0.29, 0.717) is 17.1 Å². The summed E-state index contributed by atoms with van der Waals surface area (Å²) < 4.78 is 0. The molecule has 2 aromatic heterocycles. The van der Waals surface area contributed by atoms with Gasteiger partial charge in [0.05, 0.1) is 11.4 Å². The third kappa shape index (κ3) is 5.26. The van der Waals surface area contributed by atoms with Crippen molar-refractivity contribution in [3.05, 3.63) is 40.3 Å². The van der Waals surface area contributed by atoms with Gasteiger partial charge in [0, 0.05) is 23.5 Å². The first-order valence-corrected chi connectivity index (χ1v) is 9.67. The summed E-state index contributed by atoms with van der Waals surface area (Å²) in [6, 6.07) is 3.69. The average molecular weight is 359 g/mol. The van der Waals surface area contributed by atoms with E-state index >= 15 is 0 Å². The highest BCUT2D eigenvalue weighted by atomic mass is 32.1. The van der Waals surface area contributed by atoms with Gasteiger partial charge in [0.1, 0.15) is 5.69 Å². The minimum atomic E-state index is -0.241. The molecule has 0 atom stereocenters. The van der Waals surface area contributed by atoms with Crippen molar-refractivity contribution in [2.45, 2.75) is 25.8 Å². The third-order valence-corrected chi connectivity index (χ3v) is 5.11. The fourth-order valence-electron chi connectivity index (χ4n) is 2.92. The monoisotopic (exact) mass is 359 g/mol. The zero-order chi connectivity index (χ0) is 17.5. The lowest BCUT2D eigenvalue weighted by molar-refractivity contribution is 0.102. The van der Waals surface area contributed by atoms with Gasteiger partial charge in [-0.1, -0.05) is 6.07 Å². The van der Waals surface area contributed by atoms with Gasteiger partial charge in [-0.05, 0) is 57.1 Å². The molecule has 0 aromatic carbocycles. The first-order chi connectivity index (χ1) is 12.2. The van der Waals surface area contributed by atoms with Gasteiger partial charge in [0.2, 0.25) is 0 Å². The molecule has 1 aliphatic heterocycles. The normalized spacial score (nSPS) is 14.7. The second-order valence-corrected chi connectivity index (χ2v) is 7.07. The molecule has 1 aliphatic rings. The molecule has 6 nitrogen and oxygen atoms in total. The maximum absolute atomic E-state index is 12.2. The van der Waals surface area contributed by atoms with E-state index in [2.05, 4.69) is 20.5 Å². The van der Waals surface area contributed by atoms with Gasteiger partial charge in [-0.25, -0.2) is 0 Å². The molecule has 25 heavy (non-hydrogen) atoms. The van der Waals surface area contributed by atoms with Crippen LogP contribution >= 0.6 is 11.3 Å². The van der Waals surface area contributed by atoms with E-state index in [1.54, 1.807) is 17.6 Å². The predicted molar refractivity (Wildman–Crippen MR) is 103 cm³/mol. The Hall–Kier alpha value is -1.96. The number of thiophene rings is 1. The van der Waals surface area contributed by atoms with Crippen LogP contribution in [-0.2, 0) is 6.54 Å². The molecule has 0 spiro atoms. The van der Waals surface area contributed by atoms with Gasteiger partial charge in [-0.15, -0.1) is 11.3 Å². The van der Waals surface area contributed by atoms with Crippen molar-refractivity contribution in [2.75, 3.05) is 37.2 Å². The van der Waals surface area contributed by atoms with Gasteiger partial charge >= 0.3 is 0 Å². The van der Waals surface area contributed by atoms with Crippen molar-refractivity contribution in [2.24, 2.45) is 0 Å².